The molecule has 2 aromatic rings. The van der Waals surface area contributed by atoms with Crippen LogP contribution in [0.2, 0.25) is 0 Å². The molecule has 0 unspecified atom stereocenters. The molecule has 2 aromatic carbocycles. The van der Waals surface area contributed by atoms with Crippen LogP contribution in [0.25, 0.3) is 0 Å². The zero-order chi connectivity index (χ0) is 15.6. The molecular weight excluding hydrogens is 389 g/mol. The van der Waals surface area contributed by atoms with Gasteiger partial charge in [0.05, 0.1) is 20.1 Å². The molecule has 6 nitrogen and oxygen atoms in total. The molecule has 108 valence electrons. The zero-order valence-electron chi connectivity index (χ0n) is 10.9. The van der Waals surface area contributed by atoms with Crippen LogP contribution in [0, 0.1) is 20.6 Å². The van der Waals surface area contributed by atoms with Crippen LogP contribution in [0.5, 0.6) is 11.5 Å². The molecule has 0 atom stereocenters. The first-order valence-corrected chi connectivity index (χ1v) is 6.92. The lowest BCUT2D eigenvalue weighted by molar-refractivity contribution is -0.385. The van der Waals surface area contributed by atoms with Crippen molar-refractivity contribution in [1.82, 2.24) is 0 Å². The van der Waals surface area contributed by atoms with Crippen molar-refractivity contribution in [3.8, 4) is 11.5 Å². The van der Waals surface area contributed by atoms with Gasteiger partial charge in [-0.1, -0.05) is 0 Å². The van der Waals surface area contributed by atoms with Gasteiger partial charge in [0, 0.05) is 5.56 Å². The summed E-state index contributed by atoms with van der Waals surface area (Å²) >= 11 is 2.00. The van der Waals surface area contributed by atoms with E-state index < -0.39 is 10.9 Å². The highest BCUT2D eigenvalue weighted by molar-refractivity contribution is 14.1. The Morgan fingerprint density at radius 2 is 2.00 bits per heavy atom. The summed E-state index contributed by atoms with van der Waals surface area (Å²) in [5.41, 5.74) is 0.574. The van der Waals surface area contributed by atoms with Gasteiger partial charge in [-0.15, -0.1) is 0 Å². The molecule has 7 heteroatoms. The Morgan fingerprint density at radius 1 is 1.29 bits per heavy atom. The van der Waals surface area contributed by atoms with Gasteiger partial charge in [0.2, 0.25) is 0 Å². The molecule has 0 spiro atoms. The number of carbonyl (C=O) groups is 1. The van der Waals surface area contributed by atoms with Crippen LogP contribution in [0.4, 0.5) is 5.69 Å². The van der Waals surface area contributed by atoms with Gasteiger partial charge in [-0.2, -0.15) is 0 Å². The second kappa shape index (κ2) is 6.08. The number of hydrogen-bond donors (Lipinski definition) is 1. The quantitative estimate of drug-likeness (QED) is 0.477. The average Bonchev–Trinajstić information content (AvgIpc) is 2.42. The first-order chi connectivity index (χ1) is 9.88. The lowest BCUT2D eigenvalue weighted by Gasteiger charge is -2.09. The van der Waals surface area contributed by atoms with Gasteiger partial charge in [0.1, 0.15) is 11.5 Å². The third-order valence-electron chi connectivity index (χ3n) is 2.78. The van der Waals surface area contributed by atoms with Crippen molar-refractivity contribution in [3.63, 3.8) is 0 Å². The van der Waals surface area contributed by atoms with Crippen molar-refractivity contribution in [2.24, 2.45) is 0 Å². The monoisotopic (exact) mass is 399 g/mol. The minimum absolute atomic E-state index is 0.0445. The van der Waals surface area contributed by atoms with E-state index in [1.165, 1.54) is 18.2 Å². The SMILES string of the molecule is Cc1ccc(Oc2cc(C(=O)O)ccc2I)cc1[N+](=O)[O-]. The number of rotatable bonds is 4. The first kappa shape index (κ1) is 15.2. The number of carboxylic acids is 1. The third kappa shape index (κ3) is 3.48. The predicted molar refractivity (Wildman–Crippen MR) is 84.0 cm³/mol. The molecule has 0 amide bonds. The fourth-order valence-corrected chi connectivity index (χ4v) is 2.14. The topological polar surface area (TPSA) is 89.7 Å². The maximum Gasteiger partial charge on any atom is 0.335 e. The molecule has 0 saturated heterocycles. The van der Waals surface area contributed by atoms with Crippen molar-refractivity contribution >= 4 is 34.2 Å². The van der Waals surface area contributed by atoms with Crippen molar-refractivity contribution in [2.75, 3.05) is 0 Å². The fourth-order valence-electron chi connectivity index (χ4n) is 1.69. The molecule has 0 aliphatic heterocycles. The van der Waals surface area contributed by atoms with Crippen molar-refractivity contribution in [3.05, 3.63) is 61.2 Å². The number of carboxylic acid groups (broad SMARTS) is 1. The number of nitro groups is 1. The predicted octanol–water partition coefficient (Wildman–Crippen LogP) is 4.00. The van der Waals surface area contributed by atoms with Crippen LogP contribution in [-0.4, -0.2) is 16.0 Å². The smallest absolute Gasteiger partial charge is 0.335 e. The van der Waals surface area contributed by atoms with E-state index in [-0.39, 0.29) is 17.0 Å². The third-order valence-corrected chi connectivity index (χ3v) is 3.67. The lowest BCUT2D eigenvalue weighted by atomic mass is 10.2. The summed E-state index contributed by atoms with van der Waals surface area (Å²) in [4.78, 5) is 21.4. The lowest BCUT2D eigenvalue weighted by Crippen LogP contribution is -1.98. The van der Waals surface area contributed by atoms with Gasteiger partial charge in [-0.25, -0.2) is 4.79 Å². The molecule has 0 fully saturated rings. The average molecular weight is 399 g/mol. The van der Waals surface area contributed by atoms with E-state index in [0.29, 0.717) is 14.9 Å². The molecule has 0 heterocycles. The van der Waals surface area contributed by atoms with Crippen LogP contribution in [0.3, 0.4) is 0 Å². The molecule has 0 aliphatic rings. The number of benzene rings is 2. The van der Waals surface area contributed by atoms with Gasteiger partial charge < -0.3 is 9.84 Å². The second-order valence-corrected chi connectivity index (χ2v) is 5.42. The molecular formula is C14H10INO5. The Balaban J connectivity index is 2.38. The molecule has 0 radical (unpaired) electrons. The summed E-state index contributed by atoms with van der Waals surface area (Å²) in [7, 11) is 0. The van der Waals surface area contributed by atoms with E-state index in [9.17, 15) is 14.9 Å². The van der Waals surface area contributed by atoms with E-state index >= 15 is 0 Å². The van der Waals surface area contributed by atoms with E-state index in [2.05, 4.69) is 0 Å². The fraction of sp³-hybridized carbons (Fsp3) is 0.0714. The maximum atomic E-state index is 11.0. The van der Waals surface area contributed by atoms with Gasteiger partial charge in [-0.05, 0) is 59.8 Å². The van der Waals surface area contributed by atoms with Crippen LogP contribution in [0.1, 0.15) is 15.9 Å². The highest BCUT2D eigenvalue weighted by atomic mass is 127. The van der Waals surface area contributed by atoms with E-state index in [1.807, 2.05) is 22.6 Å². The number of aryl methyl sites for hydroxylation is 1. The normalized spacial score (nSPS) is 10.2. The molecule has 0 aliphatic carbocycles. The number of aromatic carboxylic acids is 1. The van der Waals surface area contributed by atoms with E-state index in [0.717, 1.165) is 0 Å². The standard InChI is InChI=1S/C14H10INO5/c1-8-2-4-10(7-12(8)16(19)20)21-13-6-9(14(17)18)3-5-11(13)15/h2-7H,1H3,(H,17,18). The number of ether oxygens (including phenoxy) is 1. The summed E-state index contributed by atoms with van der Waals surface area (Å²) in [6.07, 6.45) is 0. The molecule has 1 N–H and O–H groups in total. The van der Waals surface area contributed by atoms with Crippen LogP contribution in [0.15, 0.2) is 36.4 Å². The van der Waals surface area contributed by atoms with Crippen molar-refractivity contribution < 1.29 is 19.6 Å². The maximum absolute atomic E-state index is 11.0. The minimum atomic E-state index is -1.06. The summed E-state index contributed by atoms with van der Waals surface area (Å²) in [6, 6.07) is 8.97. The van der Waals surface area contributed by atoms with Gasteiger partial charge >= 0.3 is 5.97 Å². The van der Waals surface area contributed by atoms with Crippen LogP contribution < -0.4 is 4.74 Å². The summed E-state index contributed by atoms with van der Waals surface area (Å²) < 4.78 is 6.28. The van der Waals surface area contributed by atoms with Crippen molar-refractivity contribution in [1.29, 1.82) is 0 Å². The zero-order valence-corrected chi connectivity index (χ0v) is 13.0. The van der Waals surface area contributed by atoms with Crippen LogP contribution >= 0.6 is 22.6 Å². The number of halogens is 1. The number of hydrogen-bond acceptors (Lipinski definition) is 4. The number of nitro benzene ring substituents is 1. The van der Waals surface area contributed by atoms with E-state index in [4.69, 9.17) is 9.84 Å². The van der Waals surface area contributed by atoms with Gasteiger partial charge in [0.25, 0.3) is 5.69 Å². The Morgan fingerprint density at radius 3 is 2.62 bits per heavy atom. The molecule has 2 rings (SSSR count). The Kier molecular flexibility index (Phi) is 4.41. The molecule has 21 heavy (non-hydrogen) atoms. The van der Waals surface area contributed by atoms with E-state index in [1.54, 1.807) is 25.1 Å². The molecule has 0 bridgehead atoms. The highest BCUT2D eigenvalue weighted by Crippen LogP contribution is 2.31. The Bertz CT molecular complexity index is 729. The summed E-state index contributed by atoms with van der Waals surface area (Å²) in [5, 5.41) is 19.9. The number of nitrogens with zero attached hydrogens (tertiary/aromatic N) is 1. The summed E-state index contributed by atoms with van der Waals surface area (Å²) in [6.45, 7) is 1.64. The first-order valence-electron chi connectivity index (χ1n) is 5.84. The van der Waals surface area contributed by atoms with Gasteiger partial charge in [0.15, 0.2) is 0 Å². The largest absolute Gasteiger partial charge is 0.478 e. The minimum Gasteiger partial charge on any atom is -0.478 e. The second-order valence-electron chi connectivity index (χ2n) is 4.26. The molecule has 0 aromatic heterocycles. The molecule has 0 saturated carbocycles. The Hall–Kier alpha value is -2.16. The van der Waals surface area contributed by atoms with Gasteiger partial charge in [-0.3, -0.25) is 10.1 Å². The Labute approximate surface area is 133 Å². The van der Waals surface area contributed by atoms with Crippen molar-refractivity contribution in [2.45, 2.75) is 6.92 Å². The van der Waals surface area contributed by atoms with Crippen LogP contribution in [-0.2, 0) is 0 Å². The summed E-state index contributed by atoms with van der Waals surface area (Å²) in [5.74, 6) is -0.437. The highest BCUT2D eigenvalue weighted by Gasteiger charge is 2.14.